The van der Waals surface area contributed by atoms with Crippen molar-refractivity contribution in [1.82, 2.24) is 19.9 Å². The first kappa shape index (κ1) is 24.2. The van der Waals surface area contributed by atoms with Gasteiger partial charge in [0, 0.05) is 32.4 Å². The molecule has 0 aliphatic carbocycles. The molecule has 4 aromatic rings. The minimum Gasteiger partial charge on any atom is -0.341 e. The summed E-state index contributed by atoms with van der Waals surface area (Å²) in [5.74, 6) is 1.32. The van der Waals surface area contributed by atoms with E-state index in [4.69, 9.17) is 19.9 Å². The standard InChI is InChI=1S/C27H28FN7S2/c28-20-9-7-19(8-10-20)18-29-21-11-12-22-23(17-21)36-27(30-22)37-26-32-24(34-13-3-1-4-14-34)31-25(33-26)35-15-5-2-6-16-35/h7-12,17-18H,1-6,13-16H2. The molecular weight excluding hydrogens is 505 g/mol. The predicted octanol–water partition coefficient (Wildman–Crippen LogP) is 6.50. The minimum atomic E-state index is -0.252. The zero-order valence-corrected chi connectivity index (χ0v) is 22.1. The molecule has 0 spiro atoms. The molecule has 0 atom stereocenters. The van der Waals surface area contributed by atoms with E-state index >= 15 is 0 Å². The summed E-state index contributed by atoms with van der Waals surface area (Å²) in [7, 11) is 0. The fraction of sp³-hybridized carbons (Fsp3) is 0.370. The molecule has 0 bridgehead atoms. The number of rotatable bonds is 6. The van der Waals surface area contributed by atoms with Crippen LogP contribution in [0.3, 0.4) is 0 Å². The van der Waals surface area contributed by atoms with Gasteiger partial charge < -0.3 is 9.80 Å². The first-order chi connectivity index (χ1) is 18.2. The van der Waals surface area contributed by atoms with E-state index in [1.807, 2.05) is 18.2 Å². The van der Waals surface area contributed by atoms with Crippen LogP contribution in [0, 0.1) is 5.82 Å². The number of piperidine rings is 2. The maximum atomic E-state index is 13.1. The van der Waals surface area contributed by atoms with Crippen LogP contribution in [0.1, 0.15) is 44.1 Å². The SMILES string of the molecule is Fc1ccc(C=Nc2ccc3nc(Sc4nc(N5CCCCC5)nc(N5CCCCC5)n4)sc3c2)cc1. The Morgan fingerprint density at radius 3 is 2.08 bits per heavy atom. The molecule has 2 aliphatic rings. The Bertz CT molecular complexity index is 1360. The van der Waals surface area contributed by atoms with Crippen LogP contribution in [-0.4, -0.2) is 52.3 Å². The van der Waals surface area contributed by atoms with Gasteiger partial charge >= 0.3 is 0 Å². The Morgan fingerprint density at radius 2 is 1.43 bits per heavy atom. The van der Waals surface area contributed by atoms with Crippen LogP contribution in [0.5, 0.6) is 0 Å². The Kier molecular flexibility index (Phi) is 7.27. The van der Waals surface area contributed by atoms with Crippen molar-refractivity contribution in [3.63, 3.8) is 0 Å². The second-order valence-corrected chi connectivity index (χ2v) is 11.6. The lowest BCUT2D eigenvalue weighted by molar-refractivity contribution is 0.551. The second-order valence-electron chi connectivity index (χ2n) is 9.36. The molecule has 2 aromatic heterocycles. The highest BCUT2D eigenvalue weighted by Gasteiger charge is 2.21. The summed E-state index contributed by atoms with van der Waals surface area (Å²) in [6, 6.07) is 12.3. The summed E-state index contributed by atoms with van der Waals surface area (Å²) < 4.78 is 15.1. The number of hydrogen-bond acceptors (Lipinski definition) is 9. The van der Waals surface area contributed by atoms with E-state index in [0.29, 0.717) is 5.16 Å². The molecule has 0 unspecified atom stereocenters. The maximum absolute atomic E-state index is 13.1. The summed E-state index contributed by atoms with van der Waals surface area (Å²) in [6.45, 7) is 3.98. The van der Waals surface area contributed by atoms with Crippen molar-refractivity contribution >= 4 is 57.1 Å². The summed E-state index contributed by atoms with van der Waals surface area (Å²) in [4.78, 5) is 28.6. The van der Waals surface area contributed by atoms with Crippen molar-refractivity contribution in [2.75, 3.05) is 36.0 Å². The van der Waals surface area contributed by atoms with Gasteiger partial charge in [0.15, 0.2) is 4.34 Å². The van der Waals surface area contributed by atoms with Crippen molar-refractivity contribution in [3.05, 3.63) is 53.8 Å². The van der Waals surface area contributed by atoms with Gasteiger partial charge in [-0.15, -0.1) is 11.3 Å². The molecule has 10 heteroatoms. The molecule has 2 saturated heterocycles. The minimum absolute atomic E-state index is 0.252. The van der Waals surface area contributed by atoms with Crippen molar-refractivity contribution in [2.45, 2.75) is 48.0 Å². The molecule has 4 heterocycles. The molecule has 2 aliphatic heterocycles. The Hall–Kier alpha value is -3.11. The highest BCUT2D eigenvalue weighted by atomic mass is 32.2. The van der Waals surface area contributed by atoms with Gasteiger partial charge in [0.2, 0.25) is 17.1 Å². The van der Waals surface area contributed by atoms with Gasteiger partial charge in [-0.2, -0.15) is 15.0 Å². The van der Waals surface area contributed by atoms with E-state index in [0.717, 1.165) is 63.9 Å². The first-order valence-electron chi connectivity index (χ1n) is 12.8. The summed E-state index contributed by atoms with van der Waals surface area (Å²) >= 11 is 3.12. The van der Waals surface area contributed by atoms with E-state index in [1.165, 1.54) is 62.4 Å². The number of halogens is 1. The van der Waals surface area contributed by atoms with Crippen LogP contribution >= 0.6 is 23.1 Å². The van der Waals surface area contributed by atoms with Crippen LogP contribution < -0.4 is 9.80 Å². The Morgan fingerprint density at radius 1 is 0.784 bits per heavy atom. The molecule has 0 saturated carbocycles. The molecule has 7 nitrogen and oxygen atoms in total. The van der Waals surface area contributed by atoms with Crippen molar-refractivity contribution in [1.29, 1.82) is 0 Å². The number of fused-ring (bicyclic) bond motifs is 1. The molecule has 0 N–H and O–H groups in total. The van der Waals surface area contributed by atoms with E-state index in [9.17, 15) is 4.39 Å². The molecule has 190 valence electrons. The summed E-state index contributed by atoms with van der Waals surface area (Å²) in [6.07, 6.45) is 8.99. The highest BCUT2D eigenvalue weighted by molar-refractivity contribution is 8.01. The molecule has 37 heavy (non-hydrogen) atoms. The van der Waals surface area contributed by atoms with Gasteiger partial charge in [-0.25, -0.2) is 9.37 Å². The average molecular weight is 534 g/mol. The van der Waals surface area contributed by atoms with Gasteiger partial charge in [-0.05, 0) is 86.2 Å². The van der Waals surface area contributed by atoms with Gasteiger partial charge in [-0.3, -0.25) is 4.99 Å². The topological polar surface area (TPSA) is 70.4 Å². The lowest BCUT2D eigenvalue weighted by Crippen LogP contribution is -2.34. The fourth-order valence-electron chi connectivity index (χ4n) is 4.64. The average Bonchev–Trinajstić information content (AvgIpc) is 3.35. The monoisotopic (exact) mass is 533 g/mol. The fourth-order valence-corrected chi connectivity index (χ4v) is 6.59. The third-order valence-electron chi connectivity index (χ3n) is 6.63. The number of aliphatic imine (C=N–C) groups is 1. The van der Waals surface area contributed by atoms with Crippen LogP contribution in [0.4, 0.5) is 22.0 Å². The molecule has 0 amide bonds. The second kappa shape index (κ2) is 11.1. The maximum Gasteiger partial charge on any atom is 0.231 e. The van der Waals surface area contributed by atoms with Gasteiger partial charge in [0.05, 0.1) is 15.9 Å². The largest absolute Gasteiger partial charge is 0.341 e. The highest BCUT2D eigenvalue weighted by Crippen LogP contribution is 2.36. The van der Waals surface area contributed by atoms with E-state index < -0.39 is 0 Å². The van der Waals surface area contributed by atoms with Gasteiger partial charge in [0.25, 0.3) is 0 Å². The number of nitrogens with zero attached hydrogens (tertiary/aromatic N) is 7. The van der Waals surface area contributed by atoms with Gasteiger partial charge in [-0.1, -0.05) is 12.1 Å². The van der Waals surface area contributed by atoms with Crippen LogP contribution in [0.25, 0.3) is 10.2 Å². The first-order valence-corrected chi connectivity index (χ1v) is 14.5. The molecule has 2 aromatic carbocycles. The number of anilines is 2. The van der Waals surface area contributed by atoms with Crippen LogP contribution in [-0.2, 0) is 0 Å². The molecule has 2 fully saturated rings. The van der Waals surface area contributed by atoms with Crippen molar-refractivity contribution < 1.29 is 4.39 Å². The van der Waals surface area contributed by atoms with Crippen molar-refractivity contribution in [2.24, 2.45) is 4.99 Å². The molecule has 6 rings (SSSR count). The summed E-state index contributed by atoms with van der Waals surface area (Å²) in [5, 5.41) is 0.699. The Balaban J connectivity index is 1.25. The van der Waals surface area contributed by atoms with E-state index in [-0.39, 0.29) is 5.82 Å². The van der Waals surface area contributed by atoms with E-state index in [1.54, 1.807) is 29.7 Å². The van der Waals surface area contributed by atoms with Crippen LogP contribution in [0.2, 0.25) is 0 Å². The van der Waals surface area contributed by atoms with Crippen LogP contribution in [0.15, 0.2) is 57.0 Å². The lowest BCUT2D eigenvalue weighted by atomic mass is 10.1. The van der Waals surface area contributed by atoms with Gasteiger partial charge in [0.1, 0.15) is 5.82 Å². The zero-order valence-electron chi connectivity index (χ0n) is 20.5. The Labute approximate surface area is 223 Å². The number of benzene rings is 2. The number of hydrogen-bond donors (Lipinski definition) is 0. The number of aromatic nitrogens is 4. The lowest BCUT2D eigenvalue weighted by Gasteiger charge is -2.30. The summed E-state index contributed by atoms with van der Waals surface area (Å²) in [5.41, 5.74) is 2.61. The normalized spacial score (nSPS) is 16.7. The third-order valence-corrected chi connectivity index (χ3v) is 8.58. The molecular formula is C27H28FN7S2. The van der Waals surface area contributed by atoms with E-state index in [2.05, 4.69) is 14.8 Å². The zero-order chi connectivity index (χ0) is 25.0. The smallest absolute Gasteiger partial charge is 0.231 e. The molecule has 0 radical (unpaired) electrons. The van der Waals surface area contributed by atoms with Crippen molar-refractivity contribution in [3.8, 4) is 0 Å². The predicted molar refractivity (Wildman–Crippen MR) is 149 cm³/mol. The number of thiazole rings is 1. The quantitative estimate of drug-likeness (QED) is 0.262. The third kappa shape index (κ3) is 5.91.